The van der Waals surface area contributed by atoms with E-state index in [9.17, 15) is 9.90 Å². The van der Waals surface area contributed by atoms with Gasteiger partial charge in [-0.25, -0.2) is 0 Å². The summed E-state index contributed by atoms with van der Waals surface area (Å²) in [5, 5.41) is 10.0. The Morgan fingerprint density at radius 2 is 0.906 bits per heavy atom. The van der Waals surface area contributed by atoms with Gasteiger partial charge in [-0.1, -0.05) is 149 Å². The van der Waals surface area contributed by atoms with E-state index in [2.05, 4.69) is 20.8 Å². The number of carbonyl (C=O) groups is 1. The SMILES string of the molecule is CCCCCCCCCCCCCCCCCCCCCCC(C=O)CC(O)CC(C)C. The molecule has 0 rings (SSSR count). The summed E-state index contributed by atoms with van der Waals surface area (Å²) in [5.74, 6) is 0.552. The molecule has 0 aromatic heterocycles. The fraction of sp³-hybridized carbons (Fsp3) is 0.967. The van der Waals surface area contributed by atoms with E-state index in [1.54, 1.807) is 0 Å². The monoisotopic (exact) mass is 452 g/mol. The lowest BCUT2D eigenvalue weighted by Crippen LogP contribution is -2.16. The Morgan fingerprint density at radius 3 is 1.22 bits per heavy atom. The molecule has 0 aliphatic heterocycles. The Balaban J connectivity index is 3.25. The highest BCUT2D eigenvalue weighted by Crippen LogP contribution is 2.19. The summed E-state index contributed by atoms with van der Waals surface area (Å²) >= 11 is 0. The molecule has 0 saturated carbocycles. The lowest BCUT2D eigenvalue weighted by atomic mass is 9.92. The molecule has 0 bridgehead atoms. The fourth-order valence-electron chi connectivity index (χ4n) is 4.89. The molecule has 32 heavy (non-hydrogen) atoms. The van der Waals surface area contributed by atoms with Gasteiger partial charge in [-0.2, -0.15) is 0 Å². The molecule has 0 heterocycles. The zero-order valence-electron chi connectivity index (χ0n) is 22.4. The van der Waals surface area contributed by atoms with Gasteiger partial charge < -0.3 is 9.90 Å². The number of aliphatic hydroxyl groups excluding tert-OH is 1. The summed E-state index contributed by atoms with van der Waals surface area (Å²) in [5.41, 5.74) is 0. The van der Waals surface area contributed by atoms with Crippen molar-refractivity contribution in [2.24, 2.45) is 11.8 Å². The smallest absolute Gasteiger partial charge is 0.123 e. The van der Waals surface area contributed by atoms with Gasteiger partial charge in [0.15, 0.2) is 0 Å². The first-order valence-electron chi connectivity index (χ1n) is 14.7. The van der Waals surface area contributed by atoms with Gasteiger partial charge >= 0.3 is 0 Å². The van der Waals surface area contributed by atoms with Crippen LogP contribution in [-0.4, -0.2) is 17.5 Å². The first kappa shape index (κ1) is 31.6. The van der Waals surface area contributed by atoms with Crippen LogP contribution in [0.5, 0.6) is 0 Å². The standard InChI is InChI=1S/C30H60O2/c1-4-5-6-7-8-9-10-11-12-13-14-15-16-17-18-19-20-21-22-23-24-29(27-31)26-30(32)25-28(2)3/h27-30,32H,4-26H2,1-3H3. The van der Waals surface area contributed by atoms with E-state index in [1.807, 2.05) is 0 Å². The Hall–Kier alpha value is -0.370. The highest BCUT2D eigenvalue weighted by Gasteiger charge is 2.14. The van der Waals surface area contributed by atoms with Crippen molar-refractivity contribution < 1.29 is 9.90 Å². The first-order valence-corrected chi connectivity index (χ1v) is 14.7. The molecule has 0 aliphatic carbocycles. The van der Waals surface area contributed by atoms with Gasteiger partial charge in [-0.05, 0) is 25.2 Å². The van der Waals surface area contributed by atoms with E-state index in [4.69, 9.17) is 0 Å². The number of carbonyl (C=O) groups excluding carboxylic acids is 1. The van der Waals surface area contributed by atoms with Crippen LogP contribution in [0.15, 0.2) is 0 Å². The minimum atomic E-state index is -0.310. The van der Waals surface area contributed by atoms with Crippen molar-refractivity contribution in [2.75, 3.05) is 0 Å². The van der Waals surface area contributed by atoms with Crippen LogP contribution >= 0.6 is 0 Å². The molecule has 0 aliphatic rings. The van der Waals surface area contributed by atoms with Crippen molar-refractivity contribution in [3.8, 4) is 0 Å². The largest absolute Gasteiger partial charge is 0.393 e. The third-order valence-corrected chi connectivity index (χ3v) is 6.94. The van der Waals surface area contributed by atoms with Crippen LogP contribution in [0.1, 0.15) is 168 Å². The number of hydrogen-bond donors (Lipinski definition) is 1. The third kappa shape index (κ3) is 24.3. The van der Waals surface area contributed by atoms with Crippen LogP contribution in [0.4, 0.5) is 0 Å². The van der Waals surface area contributed by atoms with Crippen LogP contribution in [0, 0.1) is 11.8 Å². The Kier molecular flexibility index (Phi) is 25.0. The molecule has 0 fully saturated rings. The highest BCUT2D eigenvalue weighted by atomic mass is 16.3. The number of aliphatic hydroxyl groups is 1. The average molecular weight is 453 g/mol. The van der Waals surface area contributed by atoms with E-state index >= 15 is 0 Å². The molecule has 0 aromatic rings. The molecule has 2 unspecified atom stereocenters. The summed E-state index contributed by atoms with van der Waals surface area (Å²) in [4.78, 5) is 11.2. The van der Waals surface area contributed by atoms with Crippen LogP contribution in [0.25, 0.3) is 0 Å². The summed E-state index contributed by atoms with van der Waals surface area (Å²) in [6.45, 7) is 6.54. The first-order chi connectivity index (χ1) is 15.6. The van der Waals surface area contributed by atoms with Crippen LogP contribution in [0.3, 0.4) is 0 Å². The highest BCUT2D eigenvalue weighted by molar-refractivity contribution is 5.53. The van der Waals surface area contributed by atoms with Crippen molar-refractivity contribution in [3.05, 3.63) is 0 Å². The van der Waals surface area contributed by atoms with Gasteiger partial charge in [-0.15, -0.1) is 0 Å². The van der Waals surface area contributed by atoms with Crippen LogP contribution in [-0.2, 0) is 4.79 Å². The Morgan fingerprint density at radius 1 is 0.562 bits per heavy atom. The molecule has 2 atom stereocenters. The van der Waals surface area contributed by atoms with Gasteiger partial charge in [0.05, 0.1) is 6.10 Å². The van der Waals surface area contributed by atoms with Gasteiger partial charge in [0.2, 0.25) is 0 Å². The van der Waals surface area contributed by atoms with Gasteiger partial charge in [0.25, 0.3) is 0 Å². The molecule has 0 aromatic carbocycles. The number of unbranched alkanes of at least 4 members (excludes halogenated alkanes) is 19. The second kappa shape index (κ2) is 25.3. The van der Waals surface area contributed by atoms with E-state index in [0.29, 0.717) is 12.3 Å². The molecule has 192 valence electrons. The molecule has 2 heteroatoms. The number of aldehydes is 1. The lowest BCUT2D eigenvalue weighted by molar-refractivity contribution is -0.112. The normalized spacial score (nSPS) is 13.5. The molecule has 0 saturated heterocycles. The Bertz CT molecular complexity index is 366. The lowest BCUT2D eigenvalue weighted by Gasteiger charge is -2.17. The van der Waals surface area contributed by atoms with Crippen LogP contribution < -0.4 is 0 Å². The van der Waals surface area contributed by atoms with Gasteiger partial charge in [0, 0.05) is 5.92 Å². The maximum Gasteiger partial charge on any atom is 0.123 e. The summed E-state index contributed by atoms with van der Waals surface area (Å²) in [6.07, 6.45) is 31.1. The van der Waals surface area contributed by atoms with Crippen molar-refractivity contribution in [1.82, 2.24) is 0 Å². The van der Waals surface area contributed by atoms with E-state index in [-0.39, 0.29) is 12.0 Å². The van der Waals surface area contributed by atoms with E-state index in [1.165, 1.54) is 122 Å². The van der Waals surface area contributed by atoms with Crippen molar-refractivity contribution in [3.63, 3.8) is 0 Å². The summed E-state index contributed by atoms with van der Waals surface area (Å²) < 4.78 is 0. The quantitative estimate of drug-likeness (QED) is 0.105. The third-order valence-electron chi connectivity index (χ3n) is 6.94. The van der Waals surface area contributed by atoms with Crippen molar-refractivity contribution in [2.45, 2.75) is 175 Å². The maximum absolute atomic E-state index is 11.2. The maximum atomic E-state index is 11.2. The summed E-state index contributed by atoms with van der Waals surface area (Å²) in [7, 11) is 0. The second-order valence-corrected chi connectivity index (χ2v) is 10.9. The van der Waals surface area contributed by atoms with Gasteiger partial charge in [-0.3, -0.25) is 0 Å². The second-order valence-electron chi connectivity index (χ2n) is 10.9. The van der Waals surface area contributed by atoms with Gasteiger partial charge in [0.1, 0.15) is 6.29 Å². The van der Waals surface area contributed by atoms with Crippen molar-refractivity contribution in [1.29, 1.82) is 0 Å². The topological polar surface area (TPSA) is 37.3 Å². The zero-order valence-corrected chi connectivity index (χ0v) is 22.4. The molecular weight excluding hydrogens is 392 g/mol. The number of hydrogen-bond acceptors (Lipinski definition) is 2. The average Bonchev–Trinajstić information content (AvgIpc) is 2.76. The van der Waals surface area contributed by atoms with Crippen molar-refractivity contribution >= 4 is 6.29 Å². The molecular formula is C30H60O2. The van der Waals surface area contributed by atoms with E-state index in [0.717, 1.165) is 25.5 Å². The minimum Gasteiger partial charge on any atom is -0.393 e. The zero-order chi connectivity index (χ0) is 23.7. The molecule has 1 N–H and O–H groups in total. The predicted molar refractivity (Wildman–Crippen MR) is 142 cm³/mol. The Labute approximate surface area is 202 Å². The fourth-order valence-corrected chi connectivity index (χ4v) is 4.89. The predicted octanol–water partition coefficient (Wildman–Crippen LogP) is 9.81. The molecule has 0 spiro atoms. The molecule has 0 radical (unpaired) electrons. The number of rotatable bonds is 26. The van der Waals surface area contributed by atoms with E-state index < -0.39 is 0 Å². The molecule has 0 amide bonds. The van der Waals surface area contributed by atoms with Crippen LogP contribution in [0.2, 0.25) is 0 Å². The molecule has 2 nitrogen and oxygen atoms in total. The summed E-state index contributed by atoms with van der Waals surface area (Å²) in [6, 6.07) is 0. The minimum absolute atomic E-state index is 0.0549.